The van der Waals surface area contributed by atoms with Crippen LogP contribution in [0.1, 0.15) is 12.5 Å². The van der Waals surface area contributed by atoms with Crippen LogP contribution in [0.4, 0.5) is 20.7 Å². The molecular weight excluding hydrogens is 435 g/mol. The number of hydrogen-bond donors (Lipinski definition) is 3. The molecule has 0 aliphatic carbocycles. The summed E-state index contributed by atoms with van der Waals surface area (Å²) < 4.78 is 20.2. The van der Waals surface area contributed by atoms with Crippen molar-refractivity contribution < 1.29 is 33.7 Å². The number of carbonyl (C=O) groups is 3. The molecule has 1 aromatic carbocycles. The second-order valence-electron chi connectivity index (χ2n) is 7.86. The zero-order valence-electron chi connectivity index (χ0n) is 17.8. The molecular formula is C22H23FN4O6. The van der Waals surface area contributed by atoms with Crippen LogP contribution in [-0.2, 0) is 20.7 Å². The fourth-order valence-corrected chi connectivity index (χ4v) is 3.89. The Hall–Kier alpha value is -3.57. The number of rotatable bonds is 6. The van der Waals surface area contributed by atoms with Crippen molar-refractivity contribution in [1.82, 2.24) is 10.3 Å². The summed E-state index contributed by atoms with van der Waals surface area (Å²) in [5.41, 5.74) is 1.83. The molecule has 33 heavy (non-hydrogen) atoms. The molecule has 174 valence electrons. The van der Waals surface area contributed by atoms with Crippen molar-refractivity contribution in [2.75, 3.05) is 36.0 Å². The molecule has 0 unspecified atom stereocenters. The molecule has 3 heterocycles. The van der Waals surface area contributed by atoms with Gasteiger partial charge < -0.3 is 20.3 Å². The fourth-order valence-electron chi connectivity index (χ4n) is 3.89. The minimum absolute atomic E-state index is 0.174. The van der Waals surface area contributed by atoms with E-state index < -0.39 is 36.6 Å². The Kier molecular flexibility index (Phi) is 6.25. The van der Waals surface area contributed by atoms with Crippen LogP contribution in [0, 0.1) is 5.82 Å². The molecule has 1 aromatic heterocycles. The maximum Gasteiger partial charge on any atom is 0.414 e. The number of benzene rings is 1. The Bertz CT molecular complexity index is 1110. The highest BCUT2D eigenvalue weighted by atomic mass is 19.1. The van der Waals surface area contributed by atoms with Gasteiger partial charge in [-0.15, -0.1) is 0 Å². The molecule has 0 saturated carbocycles. The van der Waals surface area contributed by atoms with Crippen molar-refractivity contribution in [2.45, 2.75) is 25.6 Å². The average molecular weight is 458 g/mol. The number of aromatic nitrogens is 1. The number of carbonyl (C=O) groups excluding carboxylic acids is 3. The molecule has 11 heteroatoms. The Morgan fingerprint density at radius 2 is 2.15 bits per heavy atom. The number of aliphatic hydroxyl groups excluding tert-OH is 2. The van der Waals surface area contributed by atoms with E-state index in [1.165, 1.54) is 35.1 Å². The second kappa shape index (κ2) is 9.12. The molecule has 2 atom stereocenters. The van der Waals surface area contributed by atoms with Crippen molar-refractivity contribution >= 4 is 29.4 Å². The van der Waals surface area contributed by atoms with E-state index in [1.54, 1.807) is 12.1 Å². The molecule has 0 spiro atoms. The molecule has 0 bridgehead atoms. The number of anilines is 2. The number of hydrogen-bond acceptors (Lipinski definition) is 7. The summed E-state index contributed by atoms with van der Waals surface area (Å²) in [7, 11) is 0. The van der Waals surface area contributed by atoms with Crippen molar-refractivity contribution in [3.8, 4) is 11.1 Å². The predicted molar refractivity (Wildman–Crippen MR) is 115 cm³/mol. The molecule has 2 aromatic rings. The highest BCUT2D eigenvalue weighted by molar-refractivity contribution is 5.97. The SMILES string of the molecule is CC(=O)NC[C@H]1CN(c2ccc(-c3cnc4c(c3)CCN4C(=O)[C@@H](O)CO)c(F)c2)C(=O)O1. The number of ether oxygens (including phenoxy) is 1. The average Bonchev–Trinajstić information content (AvgIpc) is 3.39. The maximum absolute atomic E-state index is 15.0. The van der Waals surface area contributed by atoms with Crippen LogP contribution < -0.4 is 15.1 Å². The topological polar surface area (TPSA) is 132 Å². The zero-order chi connectivity index (χ0) is 23.7. The van der Waals surface area contributed by atoms with Crippen LogP contribution in [-0.4, -0.2) is 71.6 Å². The lowest BCUT2D eigenvalue weighted by atomic mass is 10.0. The monoisotopic (exact) mass is 458 g/mol. The van der Waals surface area contributed by atoms with Gasteiger partial charge in [-0.2, -0.15) is 0 Å². The van der Waals surface area contributed by atoms with E-state index in [0.29, 0.717) is 30.0 Å². The van der Waals surface area contributed by atoms with Crippen LogP contribution in [0.2, 0.25) is 0 Å². The first-order valence-electron chi connectivity index (χ1n) is 10.4. The van der Waals surface area contributed by atoms with Crippen LogP contribution in [0.3, 0.4) is 0 Å². The molecule has 2 aliphatic rings. The maximum atomic E-state index is 15.0. The second-order valence-corrected chi connectivity index (χ2v) is 7.86. The lowest BCUT2D eigenvalue weighted by molar-refractivity contribution is -0.128. The number of aliphatic hydroxyl groups is 2. The van der Waals surface area contributed by atoms with Gasteiger partial charge in [0.2, 0.25) is 5.91 Å². The number of halogens is 1. The quantitative estimate of drug-likeness (QED) is 0.577. The van der Waals surface area contributed by atoms with Gasteiger partial charge in [-0.1, -0.05) is 0 Å². The summed E-state index contributed by atoms with van der Waals surface area (Å²) in [6.45, 7) is 1.35. The highest BCUT2D eigenvalue weighted by Crippen LogP contribution is 2.33. The molecule has 3 N–H and O–H groups in total. The summed E-state index contributed by atoms with van der Waals surface area (Å²) >= 11 is 0. The van der Waals surface area contributed by atoms with E-state index >= 15 is 0 Å². The normalized spacial score (nSPS) is 18.2. The molecule has 2 aliphatic heterocycles. The molecule has 10 nitrogen and oxygen atoms in total. The Labute approximate surface area is 188 Å². The third kappa shape index (κ3) is 4.50. The minimum atomic E-state index is -1.52. The lowest BCUT2D eigenvalue weighted by Gasteiger charge is -2.19. The Balaban J connectivity index is 1.52. The van der Waals surface area contributed by atoms with Gasteiger partial charge >= 0.3 is 6.09 Å². The number of amides is 3. The van der Waals surface area contributed by atoms with Crippen molar-refractivity contribution in [2.24, 2.45) is 0 Å². The summed E-state index contributed by atoms with van der Waals surface area (Å²) in [4.78, 5) is 42.3. The van der Waals surface area contributed by atoms with Crippen molar-refractivity contribution in [1.29, 1.82) is 0 Å². The van der Waals surface area contributed by atoms with Crippen LogP contribution >= 0.6 is 0 Å². The van der Waals surface area contributed by atoms with E-state index in [0.717, 1.165) is 5.56 Å². The standard InChI is InChI=1S/C22H23FN4O6/c1-12(29)24-9-16-10-27(22(32)33-16)15-2-3-17(18(23)7-15)14-6-13-4-5-26(20(13)25-8-14)21(31)19(30)11-28/h2-3,6-8,16,19,28,30H,4-5,9-11H2,1H3,(H,24,29)/t16-,19-/m0/s1. The number of nitrogens with zero attached hydrogens (tertiary/aromatic N) is 3. The van der Waals surface area contributed by atoms with Crippen molar-refractivity contribution in [3.63, 3.8) is 0 Å². The van der Waals surface area contributed by atoms with Gasteiger partial charge in [0.1, 0.15) is 17.7 Å². The molecule has 3 amide bonds. The minimum Gasteiger partial charge on any atom is -0.442 e. The first-order valence-corrected chi connectivity index (χ1v) is 10.4. The molecule has 0 radical (unpaired) electrons. The zero-order valence-corrected chi connectivity index (χ0v) is 17.8. The summed E-state index contributed by atoms with van der Waals surface area (Å²) in [6, 6.07) is 6.10. The summed E-state index contributed by atoms with van der Waals surface area (Å²) in [6.07, 6.45) is -0.750. The van der Waals surface area contributed by atoms with Crippen molar-refractivity contribution in [3.05, 3.63) is 41.8 Å². The third-order valence-corrected chi connectivity index (χ3v) is 5.56. The molecule has 1 fully saturated rings. The van der Waals surface area contributed by atoms with E-state index in [-0.39, 0.29) is 24.6 Å². The van der Waals surface area contributed by atoms with Gasteiger partial charge in [0.25, 0.3) is 5.91 Å². The van der Waals surface area contributed by atoms with E-state index in [4.69, 9.17) is 9.84 Å². The van der Waals surface area contributed by atoms with E-state index in [9.17, 15) is 23.9 Å². The van der Waals surface area contributed by atoms with Gasteiger partial charge in [-0.25, -0.2) is 14.2 Å². The number of cyclic esters (lactones) is 1. The Morgan fingerprint density at radius 1 is 1.36 bits per heavy atom. The van der Waals surface area contributed by atoms with Gasteiger partial charge in [-0.05, 0) is 36.2 Å². The van der Waals surface area contributed by atoms with Gasteiger partial charge in [0.05, 0.1) is 25.4 Å². The summed E-state index contributed by atoms with van der Waals surface area (Å²) in [5.74, 6) is -1.06. The van der Waals surface area contributed by atoms with Crippen LogP contribution in [0.15, 0.2) is 30.5 Å². The smallest absolute Gasteiger partial charge is 0.414 e. The fraction of sp³-hybridized carbons (Fsp3) is 0.364. The van der Waals surface area contributed by atoms with Gasteiger partial charge in [0, 0.05) is 30.8 Å². The number of nitrogens with one attached hydrogen (secondary N) is 1. The Morgan fingerprint density at radius 3 is 2.85 bits per heavy atom. The highest BCUT2D eigenvalue weighted by Gasteiger charge is 2.33. The van der Waals surface area contributed by atoms with Crippen LogP contribution in [0.25, 0.3) is 11.1 Å². The number of pyridine rings is 1. The molecule has 4 rings (SSSR count). The first kappa shape index (κ1) is 22.6. The summed E-state index contributed by atoms with van der Waals surface area (Å²) in [5, 5.41) is 21.2. The molecule has 1 saturated heterocycles. The van der Waals surface area contributed by atoms with Crippen LogP contribution in [0.5, 0.6) is 0 Å². The third-order valence-electron chi connectivity index (χ3n) is 5.56. The lowest BCUT2D eigenvalue weighted by Crippen LogP contribution is -2.40. The van der Waals surface area contributed by atoms with E-state index in [1.807, 2.05) is 0 Å². The largest absolute Gasteiger partial charge is 0.442 e. The van der Waals surface area contributed by atoms with Gasteiger partial charge in [-0.3, -0.25) is 19.4 Å². The number of fused-ring (bicyclic) bond motifs is 1. The van der Waals surface area contributed by atoms with E-state index in [2.05, 4.69) is 10.3 Å². The van der Waals surface area contributed by atoms with Gasteiger partial charge in [0.15, 0.2) is 6.10 Å². The first-order chi connectivity index (χ1) is 15.8. The predicted octanol–water partition coefficient (Wildman–Crippen LogP) is 0.591.